The molecule has 0 unspecified atom stereocenters. The van der Waals surface area contributed by atoms with Gasteiger partial charge in [-0.3, -0.25) is 4.79 Å². The molecule has 0 saturated carbocycles. The van der Waals surface area contributed by atoms with E-state index in [1.807, 2.05) is 13.0 Å². The van der Waals surface area contributed by atoms with Gasteiger partial charge in [-0.2, -0.15) is 0 Å². The molecule has 3 aromatic rings. The lowest BCUT2D eigenvalue weighted by Gasteiger charge is -2.07. The number of nitrogens with one attached hydrogen (secondary N) is 2. The normalized spacial score (nSPS) is 11.8. The fourth-order valence-corrected chi connectivity index (χ4v) is 4.62. The molecule has 0 saturated heterocycles. The average molecular weight is 364 g/mol. The molecule has 8 heteroatoms. The fraction of sp³-hybridized carbons (Fsp3) is 0.188. The average Bonchev–Trinajstić information content (AvgIpc) is 3.00. The Kier molecular flexibility index (Phi) is 4.44. The Morgan fingerprint density at radius 3 is 2.67 bits per heavy atom. The van der Waals surface area contributed by atoms with Crippen LogP contribution in [0.5, 0.6) is 5.75 Å². The molecule has 2 N–H and O–H groups in total. The first-order valence-electron chi connectivity index (χ1n) is 7.15. The lowest BCUT2D eigenvalue weighted by Crippen LogP contribution is -2.26. The number of methoxy groups -OCH3 is 1. The zero-order valence-corrected chi connectivity index (χ0v) is 14.8. The molecule has 0 atom stereocenters. The number of aromatic nitrogens is 1. The number of pyridine rings is 1. The van der Waals surface area contributed by atoms with Gasteiger partial charge in [0.05, 0.1) is 12.6 Å². The van der Waals surface area contributed by atoms with Crippen LogP contribution in [0.2, 0.25) is 0 Å². The lowest BCUT2D eigenvalue weighted by atomic mass is 10.1. The molecule has 126 valence electrons. The number of rotatable bonds is 5. The minimum atomic E-state index is -3.62. The number of fused-ring (bicyclic) bond motifs is 1. The monoisotopic (exact) mass is 364 g/mol. The number of ether oxygens (including phenoxy) is 1. The van der Waals surface area contributed by atoms with E-state index < -0.39 is 10.0 Å². The number of aryl methyl sites for hydroxylation is 1. The molecule has 0 amide bonds. The highest BCUT2D eigenvalue weighted by molar-refractivity contribution is 7.91. The first-order chi connectivity index (χ1) is 11.4. The highest BCUT2D eigenvalue weighted by Crippen LogP contribution is 2.21. The molecule has 0 fully saturated rings. The molecule has 2 aromatic heterocycles. The van der Waals surface area contributed by atoms with E-state index in [-0.39, 0.29) is 16.3 Å². The largest absolute Gasteiger partial charge is 0.497 e. The quantitative estimate of drug-likeness (QED) is 0.728. The second-order valence-electron chi connectivity index (χ2n) is 5.27. The van der Waals surface area contributed by atoms with Gasteiger partial charge in [0.2, 0.25) is 10.0 Å². The Morgan fingerprint density at radius 2 is 2.00 bits per heavy atom. The van der Waals surface area contributed by atoms with Gasteiger partial charge >= 0.3 is 0 Å². The second kappa shape index (κ2) is 6.39. The summed E-state index contributed by atoms with van der Waals surface area (Å²) in [7, 11) is -2.07. The molecule has 6 nitrogen and oxygen atoms in total. The summed E-state index contributed by atoms with van der Waals surface area (Å²) in [6, 6.07) is 10.3. The summed E-state index contributed by atoms with van der Waals surface area (Å²) < 4.78 is 32.3. The van der Waals surface area contributed by atoms with Crippen LogP contribution in [-0.4, -0.2) is 20.5 Å². The van der Waals surface area contributed by atoms with Gasteiger partial charge in [-0.1, -0.05) is 0 Å². The molecule has 1 aromatic carbocycles. The fourth-order valence-electron chi connectivity index (χ4n) is 2.28. The predicted octanol–water partition coefficient (Wildman–Crippen LogP) is 2.39. The smallest absolute Gasteiger partial charge is 0.252 e. The third kappa shape index (κ3) is 3.35. The van der Waals surface area contributed by atoms with Crippen molar-refractivity contribution in [3.63, 3.8) is 0 Å². The van der Waals surface area contributed by atoms with Crippen LogP contribution in [0.4, 0.5) is 0 Å². The topological polar surface area (TPSA) is 88.3 Å². The molecular weight excluding hydrogens is 348 g/mol. The summed E-state index contributed by atoms with van der Waals surface area (Å²) in [5.41, 5.74) is 0.658. The number of hydrogen-bond acceptors (Lipinski definition) is 5. The van der Waals surface area contributed by atoms with Crippen molar-refractivity contribution >= 4 is 32.3 Å². The second-order valence-corrected chi connectivity index (χ2v) is 8.55. The van der Waals surface area contributed by atoms with Gasteiger partial charge in [-0.15, -0.1) is 11.3 Å². The minimum Gasteiger partial charge on any atom is -0.497 e. The SMILES string of the molecule is COc1ccc2cc(CNS(=O)(=O)c3ccc(C)s3)c(=O)[nH]c2c1. The van der Waals surface area contributed by atoms with Crippen LogP contribution >= 0.6 is 11.3 Å². The summed E-state index contributed by atoms with van der Waals surface area (Å²) in [5.74, 6) is 0.639. The Hall–Kier alpha value is -2.16. The molecule has 0 spiro atoms. The molecule has 0 aliphatic heterocycles. The molecule has 2 heterocycles. The number of hydrogen-bond donors (Lipinski definition) is 2. The molecule has 0 bridgehead atoms. The lowest BCUT2D eigenvalue weighted by molar-refractivity contribution is 0.415. The highest BCUT2D eigenvalue weighted by atomic mass is 32.2. The molecule has 0 aliphatic rings. The van der Waals surface area contributed by atoms with Crippen molar-refractivity contribution in [3.8, 4) is 5.75 Å². The van der Waals surface area contributed by atoms with E-state index >= 15 is 0 Å². The maximum atomic E-state index is 12.2. The summed E-state index contributed by atoms with van der Waals surface area (Å²) in [6.07, 6.45) is 0. The Balaban J connectivity index is 1.87. The Labute approximate surface area is 143 Å². The van der Waals surface area contributed by atoms with E-state index in [4.69, 9.17) is 4.74 Å². The van der Waals surface area contributed by atoms with Crippen molar-refractivity contribution in [3.05, 3.63) is 57.2 Å². The first kappa shape index (κ1) is 16.7. The maximum absolute atomic E-state index is 12.2. The van der Waals surface area contributed by atoms with Crippen molar-refractivity contribution in [2.75, 3.05) is 7.11 Å². The van der Waals surface area contributed by atoms with Crippen LogP contribution in [0.25, 0.3) is 10.9 Å². The van der Waals surface area contributed by atoms with Crippen molar-refractivity contribution in [2.24, 2.45) is 0 Å². The van der Waals surface area contributed by atoms with E-state index in [1.54, 1.807) is 37.4 Å². The van der Waals surface area contributed by atoms with Crippen LogP contribution in [0.3, 0.4) is 0 Å². The first-order valence-corrected chi connectivity index (χ1v) is 9.45. The van der Waals surface area contributed by atoms with Crippen molar-refractivity contribution in [1.29, 1.82) is 0 Å². The zero-order chi connectivity index (χ0) is 17.3. The van der Waals surface area contributed by atoms with E-state index in [1.165, 1.54) is 11.3 Å². The van der Waals surface area contributed by atoms with Gasteiger partial charge in [-0.25, -0.2) is 13.1 Å². The van der Waals surface area contributed by atoms with Gasteiger partial charge in [0.15, 0.2) is 0 Å². The highest BCUT2D eigenvalue weighted by Gasteiger charge is 2.16. The van der Waals surface area contributed by atoms with Crippen LogP contribution in [0.1, 0.15) is 10.4 Å². The number of benzene rings is 1. The predicted molar refractivity (Wildman–Crippen MR) is 94.2 cm³/mol. The molecule has 24 heavy (non-hydrogen) atoms. The Morgan fingerprint density at radius 1 is 1.21 bits per heavy atom. The van der Waals surface area contributed by atoms with E-state index in [2.05, 4.69) is 9.71 Å². The van der Waals surface area contributed by atoms with E-state index in [0.29, 0.717) is 16.8 Å². The minimum absolute atomic E-state index is 0.0728. The van der Waals surface area contributed by atoms with E-state index in [0.717, 1.165) is 10.3 Å². The van der Waals surface area contributed by atoms with Gasteiger partial charge in [0.1, 0.15) is 9.96 Å². The van der Waals surface area contributed by atoms with Gasteiger partial charge in [-0.05, 0) is 42.6 Å². The Bertz CT molecular complexity index is 1050. The van der Waals surface area contributed by atoms with Crippen LogP contribution < -0.4 is 15.0 Å². The van der Waals surface area contributed by atoms with Crippen LogP contribution in [-0.2, 0) is 16.6 Å². The number of H-pyrrole nitrogens is 1. The standard InChI is InChI=1S/C16H16N2O4S2/c1-10-3-6-15(23-10)24(20,21)17-9-12-7-11-4-5-13(22-2)8-14(11)18-16(12)19/h3-8,17H,9H2,1-2H3,(H,18,19). The zero-order valence-electron chi connectivity index (χ0n) is 13.1. The summed E-state index contributed by atoms with van der Waals surface area (Å²) in [4.78, 5) is 15.8. The van der Waals surface area contributed by atoms with Crippen molar-refractivity contribution < 1.29 is 13.2 Å². The third-order valence-electron chi connectivity index (χ3n) is 3.56. The molecule has 0 aliphatic carbocycles. The number of aromatic amines is 1. The van der Waals surface area contributed by atoms with E-state index in [9.17, 15) is 13.2 Å². The molecule has 3 rings (SSSR count). The third-order valence-corrected chi connectivity index (χ3v) is 6.46. The van der Waals surface area contributed by atoms with Crippen molar-refractivity contribution in [1.82, 2.24) is 9.71 Å². The molecular formula is C16H16N2O4S2. The van der Waals surface area contributed by atoms with Gasteiger partial charge in [0, 0.05) is 23.1 Å². The summed E-state index contributed by atoms with van der Waals surface area (Å²) in [6.45, 7) is 1.77. The number of sulfonamides is 1. The summed E-state index contributed by atoms with van der Waals surface area (Å²) >= 11 is 1.19. The molecule has 0 radical (unpaired) electrons. The van der Waals surface area contributed by atoms with Crippen LogP contribution in [0, 0.1) is 6.92 Å². The van der Waals surface area contributed by atoms with Gasteiger partial charge in [0.25, 0.3) is 5.56 Å². The van der Waals surface area contributed by atoms with Crippen molar-refractivity contribution in [2.45, 2.75) is 17.7 Å². The van der Waals surface area contributed by atoms with Crippen LogP contribution in [0.15, 0.2) is 45.4 Å². The van der Waals surface area contributed by atoms with Gasteiger partial charge < -0.3 is 9.72 Å². The number of thiophene rings is 1. The summed E-state index contributed by atoms with van der Waals surface area (Å²) in [5, 5.41) is 0.802. The maximum Gasteiger partial charge on any atom is 0.252 e.